The number of hydrogen-bond acceptors (Lipinski definition) is 4. The van der Waals surface area contributed by atoms with Gasteiger partial charge in [0.05, 0.1) is 36.4 Å². The third-order valence-electron chi connectivity index (χ3n) is 5.62. The van der Waals surface area contributed by atoms with Crippen LogP contribution in [0.4, 0.5) is 0 Å². The lowest BCUT2D eigenvalue weighted by molar-refractivity contribution is -0.136. The number of ether oxygens (including phenoxy) is 4. The fourth-order valence-corrected chi connectivity index (χ4v) is 4.34. The zero-order chi connectivity index (χ0) is 16.0. The Morgan fingerprint density at radius 3 is 2.64 bits per heavy atom. The lowest BCUT2D eigenvalue weighted by atomic mass is 9.68. The Morgan fingerprint density at radius 2 is 2.09 bits per heavy atom. The molecule has 2 heterocycles. The van der Waals surface area contributed by atoms with E-state index in [0.717, 1.165) is 32.5 Å². The summed E-state index contributed by atoms with van der Waals surface area (Å²) in [5.74, 6) is 0.255. The van der Waals surface area contributed by atoms with Crippen LogP contribution in [0.2, 0.25) is 0 Å². The number of epoxide rings is 2. The number of rotatable bonds is 6. The van der Waals surface area contributed by atoms with Crippen LogP contribution in [-0.2, 0) is 18.9 Å². The van der Waals surface area contributed by atoms with Crippen molar-refractivity contribution < 1.29 is 18.9 Å². The first-order valence-electron chi connectivity index (χ1n) is 8.56. The van der Waals surface area contributed by atoms with Crippen molar-refractivity contribution in [2.24, 2.45) is 5.92 Å². The van der Waals surface area contributed by atoms with E-state index in [4.69, 9.17) is 18.9 Å². The van der Waals surface area contributed by atoms with Crippen LogP contribution in [-0.4, -0.2) is 49.8 Å². The van der Waals surface area contributed by atoms with E-state index >= 15 is 0 Å². The van der Waals surface area contributed by atoms with Crippen molar-refractivity contribution in [3.05, 3.63) is 11.6 Å². The topological polar surface area (TPSA) is 43.5 Å². The summed E-state index contributed by atoms with van der Waals surface area (Å²) in [5, 5.41) is 0. The van der Waals surface area contributed by atoms with E-state index in [1.54, 1.807) is 7.11 Å². The van der Waals surface area contributed by atoms with Crippen LogP contribution >= 0.6 is 0 Å². The second-order valence-electron chi connectivity index (χ2n) is 7.37. The Kier molecular flexibility index (Phi) is 4.41. The van der Waals surface area contributed by atoms with Crippen molar-refractivity contribution in [2.75, 3.05) is 20.3 Å². The van der Waals surface area contributed by atoms with Crippen molar-refractivity contribution >= 4 is 0 Å². The summed E-state index contributed by atoms with van der Waals surface area (Å²) in [6.45, 7) is 10.1. The van der Waals surface area contributed by atoms with Gasteiger partial charge >= 0.3 is 0 Å². The summed E-state index contributed by atoms with van der Waals surface area (Å²) in [5.41, 5.74) is 1.15. The predicted molar refractivity (Wildman–Crippen MR) is 84.9 cm³/mol. The van der Waals surface area contributed by atoms with Gasteiger partial charge in [0.15, 0.2) is 0 Å². The quantitative estimate of drug-likeness (QED) is 0.558. The first-order valence-corrected chi connectivity index (χ1v) is 8.56. The molecule has 1 saturated carbocycles. The Morgan fingerprint density at radius 1 is 1.36 bits per heavy atom. The van der Waals surface area contributed by atoms with E-state index in [9.17, 15) is 0 Å². The minimum Gasteiger partial charge on any atom is -0.378 e. The van der Waals surface area contributed by atoms with Crippen molar-refractivity contribution in [1.29, 1.82) is 0 Å². The smallest absolute Gasteiger partial charge is 0.101 e. The second kappa shape index (κ2) is 5.90. The average molecular weight is 310 g/mol. The molecule has 4 nitrogen and oxygen atoms in total. The molecule has 3 rings (SSSR count). The largest absolute Gasteiger partial charge is 0.378 e. The average Bonchev–Trinajstić information content (AvgIpc) is 3.37. The maximum absolute atomic E-state index is 6.17. The molecule has 22 heavy (non-hydrogen) atoms. The third kappa shape index (κ3) is 2.75. The molecule has 126 valence electrons. The lowest BCUT2D eigenvalue weighted by Crippen LogP contribution is -2.55. The van der Waals surface area contributed by atoms with Gasteiger partial charge in [-0.2, -0.15) is 0 Å². The normalized spacial score (nSPS) is 46.6. The van der Waals surface area contributed by atoms with Crippen LogP contribution in [0.25, 0.3) is 0 Å². The van der Waals surface area contributed by atoms with Crippen LogP contribution < -0.4 is 0 Å². The molecule has 2 aliphatic heterocycles. The minimum atomic E-state index is -0.154. The zero-order valence-electron chi connectivity index (χ0n) is 14.6. The fraction of sp³-hybridized carbons (Fsp3) is 0.889. The molecule has 0 amide bonds. The highest BCUT2D eigenvalue weighted by molar-refractivity contribution is 5.20. The van der Waals surface area contributed by atoms with Gasteiger partial charge in [0.2, 0.25) is 0 Å². The number of allylic oxidation sites excluding steroid dienone is 1. The Balaban J connectivity index is 1.78. The number of methoxy groups -OCH3 is 1. The van der Waals surface area contributed by atoms with E-state index in [-0.39, 0.29) is 35.4 Å². The predicted octanol–water partition coefficient (Wildman–Crippen LogP) is 3.10. The fourth-order valence-electron chi connectivity index (χ4n) is 4.34. The highest BCUT2D eigenvalue weighted by Gasteiger charge is 2.71. The molecule has 1 aliphatic carbocycles. The van der Waals surface area contributed by atoms with E-state index in [1.165, 1.54) is 5.57 Å². The molecule has 1 spiro atoms. The first-order chi connectivity index (χ1) is 10.5. The van der Waals surface area contributed by atoms with Crippen molar-refractivity contribution in [3.8, 4) is 0 Å². The summed E-state index contributed by atoms with van der Waals surface area (Å²) >= 11 is 0. The van der Waals surface area contributed by atoms with Gasteiger partial charge in [0, 0.05) is 13.7 Å². The van der Waals surface area contributed by atoms with Gasteiger partial charge in [0.1, 0.15) is 5.60 Å². The molecule has 6 atom stereocenters. The monoisotopic (exact) mass is 310 g/mol. The molecule has 0 radical (unpaired) electrons. The van der Waals surface area contributed by atoms with Crippen LogP contribution in [0.5, 0.6) is 0 Å². The molecule has 0 aromatic rings. The minimum absolute atomic E-state index is 0.0389. The molecule has 3 aliphatic rings. The standard InChI is InChI=1S/C18H30O4/c1-6-20-13-9-10-18(11-21-18)16(15(13)19-5)17(4)14(22-17)8-7-12(2)3/h7,13-16H,6,8-11H2,1-5H3/t13?,14-,15?,16?,17?,18+/m1/s1. The second-order valence-corrected chi connectivity index (χ2v) is 7.37. The summed E-state index contributed by atoms with van der Waals surface area (Å²) in [4.78, 5) is 0. The molecular weight excluding hydrogens is 280 g/mol. The van der Waals surface area contributed by atoms with Gasteiger partial charge in [-0.3, -0.25) is 0 Å². The maximum Gasteiger partial charge on any atom is 0.101 e. The molecule has 0 bridgehead atoms. The van der Waals surface area contributed by atoms with Gasteiger partial charge < -0.3 is 18.9 Å². The highest BCUT2D eigenvalue weighted by Crippen LogP contribution is 2.59. The molecule has 2 saturated heterocycles. The van der Waals surface area contributed by atoms with Gasteiger partial charge in [-0.05, 0) is 47.0 Å². The van der Waals surface area contributed by atoms with Crippen molar-refractivity contribution in [1.82, 2.24) is 0 Å². The number of hydrogen-bond donors (Lipinski definition) is 0. The maximum atomic E-state index is 6.17. The first kappa shape index (κ1) is 16.4. The molecule has 0 aromatic heterocycles. The molecule has 0 N–H and O–H groups in total. The van der Waals surface area contributed by atoms with Crippen molar-refractivity contribution in [2.45, 2.75) is 76.5 Å². The molecular formula is C18H30O4. The summed E-state index contributed by atoms with van der Waals surface area (Å²) in [6, 6.07) is 0. The zero-order valence-corrected chi connectivity index (χ0v) is 14.6. The van der Waals surface area contributed by atoms with E-state index < -0.39 is 0 Å². The van der Waals surface area contributed by atoms with Gasteiger partial charge in [-0.15, -0.1) is 0 Å². The van der Waals surface area contributed by atoms with Crippen LogP contribution in [0.15, 0.2) is 11.6 Å². The van der Waals surface area contributed by atoms with E-state index in [2.05, 4.69) is 26.8 Å². The summed E-state index contributed by atoms with van der Waals surface area (Å²) in [7, 11) is 1.79. The Hall–Kier alpha value is -0.420. The van der Waals surface area contributed by atoms with Crippen molar-refractivity contribution in [3.63, 3.8) is 0 Å². The van der Waals surface area contributed by atoms with Crippen LogP contribution in [0, 0.1) is 5.92 Å². The Labute approximate surface area is 134 Å². The highest BCUT2D eigenvalue weighted by atomic mass is 16.6. The van der Waals surface area contributed by atoms with Crippen LogP contribution in [0.3, 0.4) is 0 Å². The van der Waals surface area contributed by atoms with E-state index in [0.29, 0.717) is 0 Å². The molecule has 3 fully saturated rings. The summed E-state index contributed by atoms with van der Waals surface area (Å²) in [6.07, 6.45) is 5.78. The molecule has 4 unspecified atom stereocenters. The van der Waals surface area contributed by atoms with Crippen LogP contribution in [0.1, 0.15) is 47.0 Å². The lowest BCUT2D eigenvalue weighted by Gasteiger charge is -2.43. The van der Waals surface area contributed by atoms with E-state index in [1.807, 2.05) is 6.92 Å². The third-order valence-corrected chi connectivity index (χ3v) is 5.62. The Bertz CT molecular complexity index is 438. The molecule has 0 aromatic carbocycles. The molecule has 4 heteroatoms. The van der Waals surface area contributed by atoms with Gasteiger partial charge in [-0.1, -0.05) is 11.6 Å². The SMILES string of the molecule is CCOC1CC[C@]2(CO2)C(C2(C)O[C@@H]2CC=C(C)C)C1OC. The van der Waals surface area contributed by atoms with Gasteiger partial charge in [0.25, 0.3) is 0 Å². The summed E-state index contributed by atoms with van der Waals surface area (Å²) < 4.78 is 23.9. The van der Waals surface area contributed by atoms with Gasteiger partial charge in [-0.25, -0.2) is 0 Å².